The normalized spacial score (nSPS) is 19.8. The van der Waals surface area contributed by atoms with Crippen LogP contribution in [-0.2, 0) is 10.0 Å². The molecule has 1 aromatic carbocycles. The molecule has 1 saturated heterocycles. The van der Waals surface area contributed by atoms with Crippen LogP contribution in [0.5, 0.6) is 17.2 Å². The second-order valence-electron chi connectivity index (χ2n) is 10.1. The third-order valence-corrected chi connectivity index (χ3v) is 8.20. The Kier molecular flexibility index (Phi) is 6.03. The number of carbonyl (C=O) groups is 1. The average Bonchev–Trinajstić information content (AvgIpc) is 3.60. The zero-order chi connectivity index (χ0) is 25.9. The zero-order valence-electron chi connectivity index (χ0n) is 20.7. The fraction of sp³-hybridized carbons (Fsp3) is 0.520. The number of carboxylic acid groups (broad SMARTS) is 1. The van der Waals surface area contributed by atoms with E-state index in [0.29, 0.717) is 53.8 Å². The van der Waals surface area contributed by atoms with E-state index < -0.39 is 27.7 Å². The van der Waals surface area contributed by atoms with Crippen molar-refractivity contribution in [2.24, 2.45) is 11.8 Å². The molecule has 0 bridgehead atoms. The maximum Gasteiger partial charge on any atom is 0.341 e. The number of aromatic nitrogens is 1. The van der Waals surface area contributed by atoms with Crippen LogP contribution in [0.4, 0.5) is 0 Å². The quantitative estimate of drug-likeness (QED) is 0.566. The number of pyridine rings is 1. The molecule has 10 nitrogen and oxygen atoms in total. The first-order chi connectivity index (χ1) is 17.0. The van der Waals surface area contributed by atoms with Crippen molar-refractivity contribution in [1.29, 1.82) is 0 Å². The summed E-state index contributed by atoms with van der Waals surface area (Å²) in [5.74, 6) is 0.259. The Bertz CT molecular complexity index is 1390. The van der Waals surface area contributed by atoms with Crippen LogP contribution < -0.4 is 19.8 Å². The number of carboxylic acids is 1. The fourth-order valence-corrected chi connectivity index (χ4v) is 5.85. The summed E-state index contributed by atoms with van der Waals surface area (Å²) in [5, 5.41) is 9.70. The van der Waals surface area contributed by atoms with Crippen molar-refractivity contribution in [1.82, 2.24) is 8.87 Å². The smallest absolute Gasteiger partial charge is 0.341 e. The van der Waals surface area contributed by atoms with Crippen LogP contribution >= 0.6 is 0 Å². The van der Waals surface area contributed by atoms with Gasteiger partial charge in [0.25, 0.3) is 5.56 Å². The minimum atomic E-state index is -3.20. The Balaban J connectivity index is 1.55. The summed E-state index contributed by atoms with van der Waals surface area (Å²) in [6.45, 7) is 5.10. The van der Waals surface area contributed by atoms with Gasteiger partial charge in [0.05, 0.1) is 25.7 Å². The molecule has 5 rings (SSSR count). The topological polar surface area (TPSA) is 124 Å². The van der Waals surface area contributed by atoms with Gasteiger partial charge in [-0.15, -0.1) is 0 Å². The molecule has 2 aromatic rings. The Morgan fingerprint density at radius 1 is 1.19 bits per heavy atom. The monoisotopic (exact) mass is 518 g/mol. The second kappa shape index (κ2) is 8.81. The third kappa shape index (κ3) is 4.24. The molecule has 36 heavy (non-hydrogen) atoms. The summed E-state index contributed by atoms with van der Waals surface area (Å²) in [6.07, 6.45) is 2.36. The molecule has 2 fully saturated rings. The zero-order valence-corrected chi connectivity index (χ0v) is 21.5. The summed E-state index contributed by atoms with van der Waals surface area (Å²) in [4.78, 5) is 25.1. The van der Waals surface area contributed by atoms with Gasteiger partial charge in [-0.1, -0.05) is 13.8 Å². The van der Waals surface area contributed by atoms with Crippen molar-refractivity contribution in [3.8, 4) is 28.5 Å². The van der Waals surface area contributed by atoms with Crippen LogP contribution in [0.15, 0.2) is 23.0 Å². The van der Waals surface area contributed by atoms with Crippen molar-refractivity contribution in [2.45, 2.75) is 38.8 Å². The van der Waals surface area contributed by atoms with Gasteiger partial charge in [0, 0.05) is 42.2 Å². The molecule has 1 N–H and O–H groups in total. The molecule has 2 aliphatic heterocycles. The number of sulfonamides is 1. The van der Waals surface area contributed by atoms with Gasteiger partial charge in [-0.3, -0.25) is 4.79 Å². The van der Waals surface area contributed by atoms with E-state index in [-0.39, 0.29) is 23.4 Å². The van der Waals surface area contributed by atoms with Crippen molar-refractivity contribution >= 4 is 16.0 Å². The minimum absolute atomic E-state index is 0.00659. The van der Waals surface area contributed by atoms with Gasteiger partial charge in [-0.2, -0.15) is 0 Å². The molecule has 1 aliphatic carbocycles. The number of ether oxygens (including phenoxy) is 3. The van der Waals surface area contributed by atoms with Gasteiger partial charge in [-0.05, 0) is 30.9 Å². The number of aromatic carboxylic acids is 1. The number of methoxy groups -OCH3 is 1. The van der Waals surface area contributed by atoms with Gasteiger partial charge in [0.1, 0.15) is 17.4 Å². The van der Waals surface area contributed by atoms with E-state index in [1.54, 1.807) is 16.7 Å². The Morgan fingerprint density at radius 2 is 1.89 bits per heavy atom. The predicted molar refractivity (Wildman–Crippen MR) is 132 cm³/mol. The number of fused-ring (bicyclic) bond motifs is 3. The number of hydrogen-bond donors (Lipinski definition) is 1. The van der Waals surface area contributed by atoms with Crippen molar-refractivity contribution in [3.63, 3.8) is 0 Å². The summed E-state index contributed by atoms with van der Waals surface area (Å²) < 4.78 is 44.3. The lowest BCUT2D eigenvalue weighted by atomic mass is 9.89. The maximum atomic E-state index is 13.2. The van der Waals surface area contributed by atoms with E-state index in [1.165, 1.54) is 23.7 Å². The highest BCUT2D eigenvalue weighted by Crippen LogP contribution is 2.51. The largest absolute Gasteiger partial charge is 0.493 e. The van der Waals surface area contributed by atoms with E-state index in [4.69, 9.17) is 14.2 Å². The molecular weight excluding hydrogens is 488 g/mol. The SMILES string of the molecule is COc1cc2c(cc1OCC1CN(S(C)(=O)=O)C1)OC(C(C)C)c1cc(C(=O)O)c(=O)n(C3CC3)c1-2. The van der Waals surface area contributed by atoms with Crippen molar-refractivity contribution < 1.29 is 32.5 Å². The molecule has 3 heterocycles. The number of benzene rings is 1. The van der Waals surface area contributed by atoms with Gasteiger partial charge in [-0.25, -0.2) is 17.5 Å². The van der Waals surface area contributed by atoms with Crippen LogP contribution in [0.25, 0.3) is 11.3 Å². The summed E-state index contributed by atoms with van der Waals surface area (Å²) in [6, 6.07) is 4.91. The van der Waals surface area contributed by atoms with Crippen LogP contribution in [0.3, 0.4) is 0 Å². The first-order valence-corrected chi connectivity index (χ1v) is 13.8. The average molecular weight is 519 g/mol. The van der Waals surface area contributed by atoms with Crippen LogP contribution in [0.1, 0.15) is 54.8 Å². The van der Waals surface area contributed by atoms with Crippen molar-refractivity contribution in [3.05, 3.63) is 39.7 Å². The summed E-state index contributed by atoms with van der Waals surface area (Å²) in [5.41, 5.74) is 1.22. The van der Waals surface area contributed by atoms with Crippen molar-refractivity contribution in [2.75, 3.05) is 33.1 Å². The highest BCUT2D eigenvalue weighted by molar-refractivity contribution is 7.88. The first-order valence-electron chi connectivity index (χ1n) is 12.0. The molecule has 0 radical (unpaired) electrons. The Hall–Kier alpha value is -3.05. The minimum Gasteiger partial charge on any atom is -0.493 e. The summed E-state index contributed by atoms with van der Waals surface area (Å²) in [7, 11) is -1.68. The van der Waals surface area contributed by atoms with Gasteiger partial charge in [0.15, 0.2) is 11.5 Å². The van der Waals surface area contributed by atoms with E-state index in [2.05, 4.69) is 0 Å². The van der Waals surface area contributed by atoms with Crippen LogP contribution in [-0.4, -0.2) is 61.4 Å². The Morgan fingerprint density at radius 3 is 2.44 bits per heavy atom. The van der Waals surface area contributed by atoms with Gasteiger partial charge in [0.2, 0.25) is 10.0 Å². The lowest BCUT2D eigenvalue weighted by Gasteiger charge is -2.37. The molecule has 1 unspecified atom stereocenters. The van der Waals surface area contributed by atoms with E-state index >= 15 is 0 Å². The molecular formula is C25H30N2O8S. The highest BCUT2D eigenvalue weighted by atomic mass is 32.2. The van der Waals surface area contributed by atoms with E-state index in [0.717, 1.165) is 12.8 Å². The molecule has 1 aromatic heterocycles. The molecule has 1 atom stereocenters. The van der Waals surface area contributed by atoms with Gasteiger partial charge >= 0.3 is 5.97 Å². The van der Waals surface area contributed by atoms with E-state index in [9.17, 15) is 23.1 Å². The number of rotatable bonds is 8. The van der Waals surface area contributed by atoms with Crippen LogP contribution in [0, 0.1) is 11.8 Å². The first kappa shape index (κ1) is 24.6. The predicted octanol–water partition coefficient (Wildman–Crippen LogP) is 2.92. The lowest BCUT2D eigenvalue weighted by Crippen LogP contribution is -2.51. The lowest BCUT2D eigenvalue weighted by molar-refractivity contribution is 0.0693. The molecule has 3 aliphatic rings. The van der Waals surface area contributed by atoms with Crippen LogP contribution in [0.2, 0.25) is 0 Å². The second-order valence-corrected chi connectivity index (χ2v) is 12.1. The molecule has 1 saturated carbocycles. The summed E-state index contributed by atoms with van der Waals surface area (Å²) >= 11 is 0. The van der Waals surface area contributed by atoms with Gasteiger partial charge < -0.3 is 23.9 Å². The van der Waals surface area contributed by atoms with E-state index in [1.807, 2.05) is 13.8 Å². The molecule has 0 spiro atoms. The Labute approximate surface area is 209 Å². The third-order valence-electron chi connectivity index (χ3n) is 6.96. The fourth-order valence-electron chi connectivity index (χ4n) is 4.89. The number of hydrogen-bond acceptors (Lipinski definition) is 7. The molecule has 194 valence electrons. The highest BCUT2D eigenvalue weighted by Gasteiger charge is 2.38. The standard InChI is InChI=1S/C25H30N2O8S/c1-13(2)23-17-7-18(25(29)30)24(28)27(15-5-6-15)22(17)16-8-20(33-3)21(9-19(16)35-23)34-12-14-10-26(11-14)36(4,31)32/h7-9,13-15,23H,5-6,10-12H2,1-4H3,(H,29,30). The molecule has 11 heteroatoms. The maximum absolute atomic E-state index is 13.2. The number of nitrogens with zero attached hydrogens (tertiary/aromatic N) is 2. The molecule has 0 amide bonds.